The average Bonchev–Trinajstić information content (AvgIpc) is 2.31. The number of carbonyl (C=O) groups excluding carboxylic acids is 1. The summed E-state index contributed by atoms with van der Waals surface area (Å²) in [7, 11) is 0. The topological polar surface area (TPSA) is 78.3 Å². The highest BCUT2D eigenvalue weighted by Crippen LogP contribution is 2.19. The molecule has 0 aliphatic carbocycles. The zero-order valence-corrected chi connectivity index (χ0v) is 10.5. The summed E-state index contributed by atoms with van der Waals surface area (Å²) < 4.78 is 18.8. The third-order valence-electron chi connectivity index (χ3n) is 2.62. The summed E-state index contributed by atoms with van der Waals surface area (Å²) in [6.07, 6.45) is 1.55. The van der Waals surface area contributed by atoms with E-state index in [0.717, 1.165) is 12.0 Å². The van der Waals surface area contributed by atoms with Crippen molar-refractivity contribution in [2.75, 3.05) is 6.61 Å². The van der Waals surface area contributed by atoms with Gasteiger partial charge in [-0.2, -0.15) is 0 Å². The SMILES string of the molecule is CCC(N)Cc1ccc(OCCC(N)=O)c(F)c1. The fraction of sp³-hybridized carbons (Fsp3) is 0.462. The van der Waals surface area contributed by atoms with Gasteiger partial charge in [-0.25, -0.2) is 4.39 Å². The van der Waals surface area contributed by atoms with Crippen molar-refractivity contribution < 1.29 is 13.9 Å². The fourth-order valence-electron chi connectivity index (χ4n) is 1.50. The molecule has 1 unspecified atom stereocenters. The first-order valence-corrected chi connectivity index (χ1v) is 5.98. The van der Waals surface area contributed by atoms with Gasteiger partial charge in [0.2, 0.25) is 5.91 Å². The molecule has 0 bridgehead atoms. The van der Waals surface area contributed by atoms with Crippen LogP contribution in [0.3, 0.4) is 0 Å². The van der Waals surface area contributed by atoms with Gasteiger partial charge in [-0.1, -0.05) is 13.0 Å². The van der Waals surface area contributed by atoms with Gasteiger partial charge in [-0.05, 0) is 30.5 Å². The van der Waals surface area contributed by atoms with Crippen molar-refractivity contribution in [3.63, 3.8) is 0 Å². The van der Waals surface area contributed by atoms with Crippen LogP contribution in [0.25, 0.3) is 0 Å². The molecule has 0 saturated carbocycles. The normalized spacial score (nSPS) is 12.2. The first-order valence-electron chi connectivity index (χ1n) is 5.98. The van der Waals surface area contributed by atoms with Crippen LogP contribution in [0.15, 0.2) is 18.2 Å². The van der Waals surface area contributed by atoms with Gasteiger partial charge >= 0.3 is 0 Å². The van der Waals surface area contributed by atoms with Crippen molar-refractivity contribution in [1.29, 1.82) is 0 Å². The van der Waals surface area contributed by atoms with E-state index in [4.69, 9.17) is 16.2 Å². The molecule has 1 aromatic carbocycles. The molecule has 100 valence electrons. The predicted molar refractivity (Wildman–Crippen MR) is 67.7 cm³/mol. The molecule has 4 N–H and O–H groups in total. The molecule has 4 nitrogen and oxygen atoms in total. The molecule has 0 aliphatic rings. The van der Waals surface area contributed by atoms with Gasteiger partial charge in [0.15, 0.2) is 11.6 Å². The third kappa shape index (κ3) is 4.71. The lowest BCUT2D eigenvalue weighted by atomic mass is 10.0. The zero-order valence-electron chi connectivity index (χ0n) is 10.5. The lowest BCUT2D eigenvalue weighted by molar-refractivity contribution is -0.118. The van der Waals surface area contributed by atoms with Crippen molar-refractivity contribution in [3.8, 4) is 5.75 Å². The molecule has 0 saturated heterocycles. The Kier molecular flexibility index (Phi) is 5.58. The zero-order chi connectivity index (χ0) is 13.5. The van der Waals surface area contributed by atoms with E-state index >= 15 is 0 Å². The van der Waals surface area contributed by atoms with Gasteiger partial charge in [-0.15, -0.1) is 0 Å². The molecule has 0 heterocycles. The van der Waals surface area contributed by atoms with Crippen LogP contribution in [-0.4, -0.2) is 18.6 Å². The largest absolute Gasteiger partial charge is 0.490 e. The van der Waals surface area contributed by atoms with E-state index in [2.05, 4.69) is 0 Å². The minimum atomic E-state index is -0.471. The highest BCUT2D eigenvalue weighted by atomic mass is 19.1. The number of carbonyl (C=O) groups is 1. The van der Waals surface area contributed by atoms with E-state index in [-0.39, 0.29) is 24.8 Å². The smallest absolute Gasteiger partial charge is 0.220 e. The van der Waals surface area contributed by atoms with Crippen molar-refractivity contribution in [2.24, 2.45) is 11.5 Å². The van der Waals surface area contributed by atoms with E-state index in [1.54, 1.807) is 12.1 Å². The molecule has 0 aliphatic heterocycles. The Bertz CT molecular complexity index is 410. The molecule has 5 heteroatoms. The summed E-state index contributed by atoms with van der Waals surface area (Å²) in [4.78, 5) is 10.5. The van der Waals surface area contributed by atoms with Gasteiger partial charge < -0.3 is 16.2 Å². The number of rotatable bonds is 7. The summed E-state index contributed by atoms with van der Waals surface area (Å²) >= 11 is 0. The van der Waals surface area contributed by atoms with Crippen molar-refractivity contribution in [1.82, 2.24) is 0 Å². The lowest BCUT2D eigenvalue weighted by Crippen LogP contribution is -2.21. The van der Waals surface area contributed by atoms with E-state index in [9.17, 15) is 9.18 Å². The lowest BCUT2D eigenvalue weighted by Gasteiger charge is -2.11. The van der Waals surface area contributed by atoms with Gasteiger partial charge in [-0.3, -0.25) is 4.79 Å². The molecule has 1 atom stereocenters. The first-order chi connectivity index (χ1) is 8.52. The Labute approximate surface area is 106 Å². The van der Waals surface area contributed by atoms with Crippen LogP contribution in [0.5, 0.6) is 5.75 Å². The summed E-state index contributed by atoms with van der Waals surface area (Å²) in [5.74, 6) is -0.786. The van der Waals surface area contributed by atoms with Crippen LogP contribution in [0.4, 0.5) is 4.39 Å². The Morgan fingerprint density at radius 3 is 2.78 bits per heavy atom. The molecule has 0 fully saturated rings. The molecule has 1 aromatic rings. The molecule has 0 radical (unpaired) electrons. The summed E-state index contributed by atoms with van der Waals surface area (Å²) in [6.45, 7) is 2.07. The second-order valence-corrected chi connectivity index (χ2v) is 4.20. The number of hydrogen-bond donors (Lipinski definition) is 2. The molecular formula is C13H19FN2O2. The molecular weight excluding hydrogens is 235 g/mol. The number of nitrogens with two attached hydrogens (primary N) is 2. The summed E-state index contributed by atoms with van der Waals surface area (Å²) in [5, 5.41) is 0. The van der Waals surface area contributed by atoms with Crippen LogP contribution < -0.4 is 16.2 Å². The monoisotopic (exact) mass is 254 g/mol. The van der Waals surface area contributed by atoms with Gasteiger partial charge in [0.05, 0.1) is 13.0 Å². The average molecular weight is 254 g/mol. The van der Waals surface area contributed by atoms with Crippen LogP contribution in [0.2, 0.25) is 0 Å². The predicted octanol–water partition coefficient (Wildman–Crippen LogP) is 1.36. The Morgan fingerprint density at radius 1 is 1.50 bits per heavy atom. The van der Waals surface area contributed by atoms with Gasteiger partial charge in [0, 0.05) is 6.04 Å². The molecule has 1 rings (SSSR count). The highest BCUT2D eigenvalue weighted by molar-refractivity contribution is 5.73. The van der Waals surface area contributed by atoms with Crippen LogP contribution in [0, 0.1) is 5.82 Å². The molecule has 1 amide bonds. The van der Waals surface area contributed by atoms with Gasteiger partial charge in [0.25, 0.3) is 0 Å². The maximum absolute atomic E-state index is 13.6. The molecule has 0 spiro atoms. The number of hydrogen-bond acceptors (Lipinski definition) is 3. The van der Waals surface area contributed by atoms with Gasteiger partial charge in [0.1, 0.15) is 0 Å². The van der Waals surface area contributed by atoms with E-state index in [1.807, 2.05) is 6.92 Å². The summed E-state index contributed by atoms with van der Waals surface area (Å²) in [5.41, 5.74) is 11.6. The van der Waals surface area contributed by atoms with Crippen molar-refractivity contribution >= 4 is 5.91 Å². The maximum Gasteiger partial charge on any atom is 0.220 e. The Morgan fingerprint density at radius 2 is 2.22 bits per heavy atom. The Hall–Kier alpha value is -1.62. The van der Waals surface area contributed by atoms with Crippen LogP contribution in [-0.2, 0) is 11.2 Å². The van der Waals surface area contributed by atoms with Crippen molar-refractivity contribution in [2.45, 2.75) is 32.2 Å². The number of amides is 1. The van der Waals surface area contributed by atoms with Crippen LogP contribution >= 0.6 is 0 Å². The fourth-order valence-corrected chi connectivity index (χ4v) is 1.50. The third-order valence-corrected chi connectivity index (χ3v) is 2.62. The number of benzene rings is 1. The molecule has 18 heavy (non-hydrogen) atoms. The minimum absolute atomic E-state index is 0.0334. The number of ether oxygens (including phenoxy) is 1. The van der Waals surface area contributed by atoms with E-state index in [0.29, 0.717) is 6.42 Å². The van der Waals surface area contributed by atoms with E-state index in [1.165, 1.54) is 6.07 Å². The minimum Gasteiger partial charge on any atom is -0.490 e. The number of primary amides is 1. The molecule has 0 aromatic heterocycles. The number of halogens is 1. The van der Waals surface area contributed by atoms with E-state index < -0.39 is 11.7 Å². The second kappa shape index (κ2) is 6.96. The second-order valence-electron chi connectivity index (χ2n) is 4.20. The standard InChI is InChI=1S/C13H19FN2O2/c1-2-10(15)7-9-3-4-12(11(14)8-9)18-6-5-13(16)17/h3-4,8,10H,2,5-7,15H2,1H3,(H2,16,17). The summed E-state index contributed by atoms with van der Waals surface area (Å²) in [6, 6.07) is 4.77. The van der Waals surface area contributed by atoms with Crippen molar-refractivity contribution in [3.05, 3.63) is 29.6 Å². The Balaban J connectivity index is 2.59. The maximum atomic E-state index is 13.6. The quantitative estimate of drug-likeness (QED) is 0.771. The highest BCUT2D eigenvalue weighted by Gasteiger charge is 2.07. The van der Waals surface area contributed by atoms with Crippen LogP contribution in [0.1, 0.15) is 25.3 Å². The first kappa shape index (κ1) is 14.4.